The zero-order valence-corrected chi connectivity index (χ0v) is 18.0. The number of benzene rings is 2. The molecule has 2 aromatic carbocycles. The van der Waals surface area contributed by atoms with E-state index in [4.69, 9.17) is 0 Å². The molecule has 1 aliphatic heterocycles. The highest BCUT2D eigenvalue weighted by Gasteiger charge is 2.36. The highest BCUT2D eigenvalue weighted by molar-refractivity contribution is 5.88. The van der Waals surface area contributed by atoms with Crippen molar-refractivity contribution in [3.05, 3.63) is 87.1 Å². The van der Waals surface area contributed by atoms with Crippen LogP contribution in [0.4, 0.5) is 4.39 Å². The van der Waals surface area contributed by atoms with Crippen LogP contribution in [0.5, 0.6) is 0 Å². The predicted octanol–water partition coefficient (Wildman–Crippen LogP) is 1.34. The van der Waals surface area contributed by atoms with E-state index in [9.17, 15) is 14.3 Å². The van der Waals surface area contributed by atoms with Crippen LogP contribution < -0.4 is 16.2 Å². The molecule has 0 aliphatic carbocycles. The molecule has 0 fully saturated rings. The number of hydrogen-bond acceptors (Lipinski definition) is 7. The summed E-state index contributed by atoms with van der Waals surface area (Å²) >= 11 is 0. The lowest BCUT2D eigenvalue weighted by Gasteiger charge is -2.26. The average molecular weight is 449 g/mol. The minimum atomic E-state index is -0.475. The number of H-pyrrole nitrogens is 1. The molecule has 0 radical (unpaired) electrons. The van der Waals surface area contributed by atoms with Gasteiger partial charge in [-0.2, -0.15) is 10.2 Å². The first-order valence-corrected chi connectivity index (χ1v) is 10.8. The number of halogens is 1. The maximum atomic E-state index is 14.4. The van der Waals surface area contributed by atoms with Crippen molar-refractivity contribution in [1.29, 1.82) is 0 Å². The number of aliphatic hydroxyl groups excluding tert-OH is 1. The summed E-state index contributed by atoms with van der Waals surface area (Å²) in [6, 6.07) is 10.6. The van der Waals surface area contributed by atoms with Crippen LogP contribution in [0.2, 0.25) is 0 Å². The van der Waals surface area contributed by atoms with Gasteiger partial charge in [0.05, 0.1) is 30.1 Å². The van der Waals surface area contributed by atoms with Crippen molar-refractivity contribution in [2.24, 2.45) is 0 Å². The highest BCUT2D eigenvalue weighted by atomic mass is 19.1. The van der Waals surface area contributed by atoms with Gasteiger partial charge in [0.2, 0.25) is 0 Å². The third kappa shape index (κ3) is 3.82. The number of aromatic amines is 1. The van der Waals surface area contributed by atoms with Crippen molar-refractivity contribution in [3.63, 3.8) is 0 Å². The van der Waals surface area contributed by atoms with Crippen LogP contribution in [-0.2, 0) is 19.6 Å². The Morgan fingerprint density at radius 2 is 2.09 bits per heavy atom. The third-order valence-corrected chi connectivity index (χ3v) is 6.06. The van der Waals surface area contributed by atoms with E-state index in [0.717, 1.165) is 17.7 Å². The Kier molecular flexibility index (Phi) is 5.71. The number of rotatable bonds is 6. The summed E-state index contributed by atoms with van der Waals surface area (Å²) in [4.78, 5) is 17.0. The summed E-state index contributed by atoms with van der Waals surface area (Å²) in [5, 5.41) is 28.3. The molecule has 10 heteroatoms. The molecule has 4 N–H and O–H groups in total. The number of aliphatic hydroxyl groups is 1. The standard InChI is InChI=1S/C23H24FN7O2/c1-25-10-13-2-4-14(5-3-13)20-19(22-27-12-28-31(22)6-7-32)21-18-15(11-26-20)8-16(24)9-17(18)23(33)30-29-21/h2-5,8-9,12,19-20,25-26,32H,6-7,10-11H2,1H3,(H,30,33). The number of nitrogens with zero attached hydrogens (tertiary/aromatic N) is 4. The molecule has 0 amide bonds. The van der Waals surface area contributed by atoms with Crippen LogP contribution in [-0.4, -0.2) is 43.7 Å². The third-order valence-electron chi connectivity index (χ3n) is 6.06. The highest BCUT2D eigenvalue weighted by Crippen LogP contribution is 2.41. The SMILES string of the molecule is CNCc1ccc(C2NCc3cc(F)cc4c(=O)[nH]nc(c34)C2c2ncnn2CCO)cc1. The van der Waals surface area contributed by atoms with E-state index in [1.165, 1.54) is 18.5 Å². The summed E-state index contributed by atoms with van der Waals surface area (Å²) in [6.07, 6.45) is 1.44. The van der Waals surface area contributed by atoms with E-state index >= 15 is 0 Å². The van der Waals surface area contributed by atoms with E-state index in [-0.39, 0.29) is 24.6 Å². The number of nitrogens with one attached hydrogen (secondary N) is 3. The van der Waals surface area contributed by atoms with Gasteiger partial charge in [0, 0.05) is 24.5 Å². The van der Waals surface area contributed by atoms with Crippen molar-refractivity contribution in [2.75, 3.05) is 13.7 Å². The molecule has 0 saturated carbocycles. The van der Waals surface area contributed by atoms with Crippen LogP contribution in [0.1, 0.15) is 40.2 Å². The molecule has 0 bridgehead atoms. The number of aromatic nitrogens is 5. The van der Waals surface area contributed by atoms with Crippen LogP contribution in [0.15, 0.2) is 47.5 Å². The van der Waals surface area contributed by atoms with Gasteiger partial charge in [0.25, 0.3) is 5.56 Å². The summed E-state index contributed by atoms with van der Waals surface area (Å²) in [7, 11) is 1.90. The fourth-order valence-corrected chi connectivity index (χ4v) is 4.64. The van der Waals surface area contributed by atoms with Crippen LogP contribution in [0.3, 0.4) is 0 Å². The van der Waals surface area contributed by atoms with E-state index < -0.39 is 17.3 Å². The van der Waals surface area contributed by atoms with Gasteiger partial charge < -0.3 is 15.7 Å². The van der Waals surface area contributed by atoms with E-state index in [0.29, 0.717) is 29.0 Å². The van der Waals surface area contributed by atoms with Gasteiger partial charge in [-0.05, 0) is 35.9 Å². The number of hydrogen-bond donors (Lipinski definition) is 4. The summed E-state index contributed by atoms with van der Waals surface area (Å²) in [5.74, 6) is -0.323. The molecule has 0 spiro atoms. The van der Waals surface area contributed by atoms with E-state index in [2.05, 4.69) is 43.0 Å². The lowest BCUT2D eigenvalue weighted by Crippen LogP contribution is -2.29. The van der Waals surface area contributed by atoms with Crippen LogP contribution in [0.25, 0.3) is 10.8 Å². The van der Waals surface area contributed by atoms with Gasteiger partial charge >= 0.3 is 0 Å². The monoisotopic (exact) mass is 449 g/mol. The Morgan fingerprint density at radius 3 is 2.85 bits per heavy atom. The molecule has 2 aromatic heterocycles. The molecule has 2 unspecified atom stereocenters. The van der Waals surface area contributed by atoms with Gasteiger partial charge in [-0.3, -0.25) is 4.79 Å². The quantitative estimate of drug-likeness (QED) is 0.351. The smallest absolute Gasteiger partial charge is 0.272 e. The second-order valence-corrected chi connectivity index (χ2v) is 8.10. The van der Waals surface area contributed by atoms with Crippen molar-refractivity contribution < 1.29 is 9.50 Å². The second kappa shape index (κ2) is 8.81. The normalized spacial score (nSPS) is 17.9. The maximum absolute atomic E-state index is 14.4. The molecular formula is C23H24FN7O2. The Labute approximate surface area is 188 Å². The Balaban J connectivity index is 1.74. The second-order valence-electron chi connectivity index (χ2n) is 8.10. The van der Waals surface area contributed by atoms with Crippen molar-refractivity contribution in [2.45, 2.75) is 31.6 Å². The fourth-order valence-electron chi connectivity index (χ4n) is 4.64. The van der Waals surface area contributed by atoms with Gasteiger partial charge in [-0.25, -0.2) is 19.2 Å². The first kappa shape index (κ1) is 21.4. The predicted molar refractivity (Wildman–Crippen MR) is 120 cm³/mol. The molecule has 3 heterocycles. The van der Waals surface area contributed by atoms with Crippen molar-refractivity contribution >= 4 is 10.8 Å². The van der Waals surface area contributed by atoms with Crippen LogP contribution in [0, 0.1) is 5.82 Å². The lowest BCUT2D eigenvalue weighted by atomic mass is 9.87. The van der Waals surface area contributed by atoms with Crippen LogP contribution >= 0.6 is 0 Å². The van der Waals surface area contributed by atoms with Gasteiger partial charge in [-0.15, -0.1) is 0 Å². The Bertz CT molecular complexity index is 1350. The Hall–Kier alpha value is -3.47. The molecule has 4 aromatic rings. The summed E-state index contributed by atoms with van der Waals surface area (Å²) in [5.41, 5.74) is 2.93. The first-order valence-electron chi connectivity index (χ1n) is 10.8. The summed E-state index contributed by atoms with van der Waals surface area (Å²) in [6.45, 7) is 1.26. The lowest BCUT2D eigenvalue weighted by molar-refractivity contribution is 0.264. The zero-order valence-electron chi connectivity index (χ0n) is 18.0. The van der Waals surface area contributed by atoms with Gasteiger partial charge in [0.15, 0.2) is 0 Å². The fraction of sp³-hybridized carbons (Fsp3) is 0.304. The van der Waals surface area contributed by atoms with E-state index in [1.54, 1.807) is 4.68 Å². The molecule has 5 rings (SSSR count). The Morgan fingerprint density at radius 1 is 1.27 bits per heavy atom. The minimum Gasteiger partial charge on any atom is -0.394 e. The average Bonchev–Trinajstić information content (AvgIpc) is 3.19. The molecular weight excluding hydrogens is 425 g/mol. The van der Waals surface area contributed by atoms with Gasteiger partial charge in [-0.1, -0.05) is 24.3 Å². The topological polar surface area (TPSA) is 121 Å². The maximum Gasteiger partial charge on any atom is 0.272 e. The summed E-state index contributed by atoms with van der Waals surface area (Å²) < 4.78 is 16.0. The zero-order chi connectivity index (χ0) is 22.9. The molecule has 9 nitrogen and oxygen atoms in total. The minimum absolute atomic E-state index is 0.101. The molecule has 33 heavy (non-hydrogen) atoms. The molecule has 170 valence electrons. The molecule has 0 saturated heterocycles. The van der Waals surface area contributed by atoms with Crippen molar-refractivity contribution in [3.8, 4) is 0 Å². The molecule has 1 aliphatic rings. The first-order chi connectivity index (χ1) is 16.1. The van der Waals surface area contributed by atoms with Crippen molar-refractivity contribution in [1.82, 2.24) is 35.6 Å². The molecule has 2 atom stereocenters. The van der Waals surface area contributed by atoms with Gasteiger partial charge in [0.1, 0.15) is 18.0 Å². The van der Waals surface area contributed by atoms with E-state index in [1.807, 2.05) is 19.2 Å². The largest absolute Gasteiger partial charge is 0.394 e.